The van der Waals surface area contributed by atoms with E-state index in [1.165, 1.54) is 31.2 Å². The van der Waals surface area contributed by atoms with Gasteiger partial charge < -0.3 is 4.74 Å². The first-order valence-corrected chi connectivity index (χ1v) is 7.70. The minimum atomic E-state index is 0.219. The van der Waals surface area contributed by atoms with Crippen LogP contribution in [0.5, 0.6) is 5.75 Å². The summed E-state index contributed by atoms with van der Waals surface area (Å²) >= 11 is 0. The van der Waals surface area contributed by atoms with Crippen LogP contribution in [0.3, 0.4) is 0 Å². The lowest BCUT2D eigenvalue weighted by Crippen LogP contribution is -2.23. The predicted octanol–water partition coefficient (Wildman–Crippen LogP) is 5.19. The third kappa shape index (κ3) is 3.99. The van der Waals surface area contributed by atoms with Crippen LogP contribution in [0.15, 0.2) is 24.3 Å². The predicted molar refractivity (Wildman–Crippen MR) is 81.8 cm³/mol. The van der Waals surface area contributed by atoms with Crippen molar-refractivity contribution >= 4 is 0 Å². The molecule has 0 amide bonds. The van der Waals surface area contributed by atoms with E-state index in [9.17, 15) is 0 Å². The van der Waals surface area contributed by atoms with Crippen molar-refractivity contribution in [3.8, 4) is 5.75 Å². The third-order valence-corrected chi connectivity index (χ3v) is 4.47. The van der Waals surface area contributed by atoms with Gasteiger partial charge in [0.25, 0.3) is 0 Å². The van der Waals surface area contributed by atoms with Crippen LogP contribution < -0.4 is 4.74 Å². The fraction of sp³-hybridized carbons (Fsp3) is 0.667. The zero-order chi connectivity index (χ0) is 13.9. The number of rotatable bonds is 3. The van der Waals surface area contributed by atoms with Gasteiger partial charge in [-0.3, -0.25) is 0 Å². The van der Waals surface area contributed by atoms with Crippen LogP contribution >= 0.6 is 0 Å². The Labute approximate surface area is 118 Å². The Hall–Kier alpha value is -0.980. The molecule has 0 radical (unpaired) electrons. The highest BCUT2D eigenvalue weighted by molar-refractivity contribution is 5.31. The molecule has 0 saturated heterocycles. The van der Waals surface area contributed by atoms with Gasteiger partial charge in [-0.25, -0.2) is 0 Å². The first kappa shape index (κ1) is 14.4. The molecule has 1 aliphatic rings. The first-order chi connectivity index (χ1) is 8.97. The van der Waals surface area contributed by atoms with Crippen LogP contribution in [-0.2, 0) is 5.41 Å². The van der Waals surface area contributed by atoms with Crippen molar-refractivity contribution < 1.29 is 4.74 Å². The molecular weight excluding hydrogens is 232 g/mol. The lowest BCUT2D eigenvalue weighted by Gasteiger charge is -2.28. The molecule has 1 aromatic rings. The molecule has 2 atom stereocenters. The summed E-state index contributed by atoms with van der Waals surface area (Å²) in [5.74, 6) is 2.59. The molecule has 0 aromatic heterocycles. The van der Waals surface area contributed by atoms with Crippen LogP contribution in [0.1, 0.15) is 58.9 Å². The highest BCUT2D eigenvalue weighted by Gasteiger charge is 2.21. The largest absolute Gasteiger partial charge is 0.493 e. The minimum absolute atomic E-state index is 0.219. The molecule has 1 saturated carbocycles. The van der Waals surface area contributed by atoms with Crippen LogP contribution in [-0.4, -0.2) is 6.61 Å². The van der Waals surface area contributed by atoms with Gasteiger partial charge in [-0.1, -0.05) is 59.1 Å². The van der Waals surface area contributed by atoms with E-state index in [4.69, 9.17) is 4.74 Å². The Morgan fingerprint density at radius 2 is 1.68 bits per heavy atom. The monoisotopic (exact) mass is 260 g/mol. The molecule has 0 bridgehead atoms. The highest BCUT2D eigenvalue weighted by Crippen LogP contribution is 2.30. The lowest BCUT2D eigenvalue weighted by atomic mass is 9.81. The second-order valence-corrected chi connectivity index (χ2v) is 7.11. The summed E-state index contributed by atoms with van der Waals surface area (Å²) in [4.78, 5) is 0. The SMILES string of the molecule is CC1CCCC[C@@H]1COc1ccc(C(C)(C)C)cc1. The van der Waals surface area contributed by atoms with Crippen molar-refractivity contribution in [2.75, 3.05) is 6.61 Å². The van der Waals surface area contributed by atoms with Crippen LogP contribution in [0.4, 0.5) is 0 Å². The van der Waals surface area contributed by atoms with E-state index < -0.39 is 0 Å². The second-order valence-electron chi connectivity index (χ2n) is 7.11. The number of benzene rings is 1. The van der Waals surface area contributed by atoms with Gasteiger partial charge in [0.1, 0.15) is 5.75 Å². The van der Waals surface area contributed by atoms with Crippen molar-refractivity contribution in [2.24, 2.45) is 11.8 Å². The van der Waals surface area contributed by atoms with E-state index in [1.54, 1.807) is 0 Å². The van der Waals surface area contributed by atoms with Gasteiger partial charge in [0, 0.05) is 0 Å². The van der Waals surface area contributed by atoms with E-state index >= 15 is 0 Å². The molecule has 1 fully saturated rings. The van der Waals surface area contributed by atoms with Gasteiger partial charge in [-0.05, 0) is 41.4 Å². The zero-order valence-electron chi connectivity index (χ0n) is 12.9. The molecule has 19 heavy (non-hydrogen) atoms. The molecule has 1 aromatic carbocycles. The summed E-state index contributed by atoms with van der Waals surface area (Å²) < 4.78 is 5.98. The fourth-order valence-corrected chi connectivity index (χ4v) is 2.90. The van der Waals surface area contributed by atoms with Gasteiger partial charge in [0.2, 0.25) is 0 Å². The molecule has 0 heterocycles. The van der Waals surface area contributed by atoms with E-state index in [0.717, 1.165) is 24.2 Å². The van der Waals surface area contributed by atoms with Crippen molar-refractivity contribution in [1.82, 2.24) is 0 Å². The molecule has 2 rings (SSSR count). The molecule has 1 unspecified atom stereocenters. The third-order valence-electron chi connectivity index (χ3n) is 4.47. The van der Waals surface area contributed by atoms with Crippen LogP contribution in [0, 0.1) is 11.8 Å². The molecule has 1 heteroatoms. The molecule has 106 valence electrons. The summed E-state index contributed by atoms with van der Waals surface area (Å²) in [6.07, 6.45) is 5.48. The molecule has 1 nitrogen and oxygen atoms in total. The summed E-state index contributed by atoms with van der Waals surface area (Å²) in [6.45, 7) is 9.98. The molecule has 0 N–H and O–H groups in total. The quantitative estimate of drug-likeness (QED) is 0.726. The van der Waals surface area contributed by atoms with E-state index in [1.807, 2.05) is 0 Å². The molecule has 0 aliphatic heterocycles. The normalized spacial score (nSPS) is 24.2. The maximum atomic E-state index is 5.98. The molecular formula is C18H28O. The summed E-state index contributed by atoms with van der Waals surface area (Å²) in [5.41, 5.74) is 1.59. The van der Waals surface area contributed by atoms with Crippen LogP contribution in [0.2, 0.25) is 0 Å². The first-order valence-electron chi connectivity index (χ1n) is 7.70. The van der Waals surface area contributed by atoms with E-state index in [2.05, 4.69) is 52.0 Å². The summed E-state index contributed by atoms with van der Waals surface area (Å²) in [6, 6.07) is 8.63. The smallest absolute Gasteiger partial charge is 0.119 e. The van der Waals surface area contributed by atoms with Gasteiger partial charge in [0.15, 0.2) is 0 Å². The van der Waals surface area contributed by atoms with Gasteiger partial charge in [0.05, 0.1) is 6.61 Å². The summed E-state index contributed by atoms with van der Waals surface area (Å²) in [5, 5.41) is 0. The highest BCUT2D eigenvalue weighted by atomic mass is 16.5. The Balaban J connectivity index is 1.89. The van der Waals surface area contributed by atoms with Gasteiger partial charge in [-0.15, -0.1) is 0 Å². The molecule has 1 aliphatic carbocycles. The Kier molecular flexibility index (Phi) is 4.54. The Bertz CT molecular complexity index is 385. The summed E-state index contributed by atoms with van der Waals surface area (Å²) in [7, 11) is 0. The Morgan fingerprint density at radius 3 is 2.26 bits per heavy atom. The van der Waals surface area contributed by atoms with E-state index in [0.29, 0.717) is 0 Å². The average Bonchev–Trinajstić information content (AvgIpc) is 2.37. The van der Waals surface area contributed by atoms with Crippen LogP contribution in [0.25, 0.3) is 0 Å². The van der Waals surface area contributed by atoms with Gasteiger partial charge >= 0.3 is 0 Å². The maximum absolute atomic E-state index is 5.98. The second kappa shape index (κ2) is 5.98. The lowest BCUT2D eigenvalue weighted by molar-refractivity contribution is 0.159. The van der Waals surface area contributed by atoms with Gasteiger partial charge in [-0.2, -0.15) is 0 Å². The maximum Gasteiger partial charge on any atom is 0.119 e. The number of ether oxygens (including phenoxy) is 1. The number of hydrogen-bond acceptors (Lipinski definition) is 1. The minimum Gasteiger partial charge on any atom is -0.493 e. The fourth-order valence-electron chi connectivity index (χ4n) is 2.90. The van der Waals surface area contributed by atoms with E-state index in [-0.39, 0.29) is 5.41 Å². The average molecular weight is 260 g/mol. The van der Waals surface area contributed by atoms with Crippen molar-refractivity contribution in [3.63, 3.8) is 0 Å². The van der Waals surface area contributed by atoms with Crippen molar-refractivity contribution in [3.05, 3.63) is 29.8 Å². The standard InChI is InChI=1S/C18H28O/c1-14-7-5-6-8-15(14)13-19-17-11-9-16(10-12-17)18(2,3)4/h9-12,14-15H,5-8,13H2,1-4H3/t14?,15-/m1/s1. The number of hydrogen-bond donors (Lipinski definition) is 0. The topological polar surface area (TPSA) is 9.23 Å². The van der Waals surface area contributed by atoms with Crippen molar-refractivity contribution in [2.45, 2.75) is 58.8 Å². The Morgan fingerprint density at radius 1 is 1.05 bits per heavy atom. The van der Waals surface area contributed by atoms with Crippen molar-refractivity contribution in [1.29, 1.82) is 0 Å². The molecule has 0 spiro atoms. The zero-order valence-corrected chi connectivity index (χ0v) is 12.9.